The maximum absolute atomic E-state index is 11.7. The highest BCUT2D eigenvalue weighted by Crippen LogP contribution is 2.42. The zero-order chi connectivity index (χ0) is 13.9. The van der Waals surface area contributed by atoms with E-state index in [9.17, 15) is 19.8 Å². The Morgan fingerprint density at radius 1 is 1.33 bits per heavy atom. The van der Waals surface area contributed by atoms with Crippen LogP contribution in [0.2, 0.25) is 0 Å². The van der Waals surface area contributed by atoms with Gasteiger partial charge in [-0.05, 0) is 18.3 Å². The zero-order valence-corrected chi connectivity index (χ0v) is 10.8. The van der Waals surface area contributed by atoms with Gasteiger partial charge in [-0.3, -0.25) is 9.59 Å². The van der Waals surface area contributed by atoms with Gasteiger partial charge in [0.05, 0.1) is 38.8 Å². The molecule has 0 aromatic heterocycles. The number of esters is 2. The minimum absolute atomic E-state index is 0.279. The Kier molecular flexibility index (Phi) is 5.10. The number of rotatable bonds is 4. The van der Waals surface area contributed by atoms with Crippen LogP contribution < -0.4 is 0 Å². The van der Waals surface area contributed by atoms with Gasteiger partial charge >= 0.3 is 11.9 Å². The van der Waals surface area contributed by atoms with Crippen LogP contribution in [0.4, 0.5) is 0 Å². The lowest BCUT2D eigenvalue weighted by Gasteiger charge is -2.25. The molecule has 0 aliphatic heterocycles. The molecule has 0 radical (unpaired) electrons. The van der Waals surface area contributed by atoms with E-state index < -0.39 is 42.4 Å². The Balaban J connectivity index is 2.97. The van der Waals surface area contributed by atoms with Gasteiger partial charge in [-0.25, -0.2) is 0 Å². The van der Waals surface area contributed by atoms with Crippen molar-refractivity contribution in [1.82, 2.24) is 0 Å². The molecule has 0 bridgehead atoms. The standard InChI is InChI=1S/C12H20O6/c1-6-9(14)4-7(10(6)12(16)18-3)8(5-13)11(15)17-2/h6-10,13-14H,4-5H2,1-3H3/t6-,7+,8+,9-,10-/m0/s1. The van der Waals surface area contributed by atoms with E-state index in [0.29, 0.717) is 0 Å². The van der Waals surface area contributed by atoms with E-state index >= 15 is 0 Å². The van der Waals surface area contributed by atoms with E-state index in [0.717, 1.165) is 0 Å². The fraction of sp³-hybridized carbons (Fsp3) is 0.833. The predicted molar refractivity (Wildman–Crippen MR) is 61.4 cm³/mol. The molecule has 1 aliphatic rings. The fourth-order valence-electron chi connectivity index (χ4n) is 2.75. The summed E-state index contributed by atoms with van der Waals surface area (Å²) >= 11 is 0. The third-order valence-electron chi connectivity index (χ3n) is 3.84. The topological polar surface area (TPSA) is 93.1 Å². The molecule has 2 N–H and O–H groups in total. The maximum Gasteiger partial charge on any atom is 0.311 e. The molecule has 1 fully saturated rings. The van der Waals surface area contributed by atoms with Crippen LogP contribution in [0.3, 0.4) is 0 Å². The summed E-state index contributed by atoms with van der Waals surface area (Å²) in [6, 6.07) is 0. The first-order chi connectivity index (χ1) is 8.47. The highest BCUT2D eigenvalue weighted by atomic mass is 16.5. The normalized spacial score (nSPS) is 32.9. The average molecular weight is 260 g/mol. The number of aliphatic hydroxyl groups excluding tert-OH is 2. The van der Waals surface area contributed by atoms with Crippen molar-refractivity contribution in [3.05, 3.63) is 0 Å². The number of aliphatic hydroxyl groups is 2. The highest BCUT2D eigenvalue weighted by Gasteiger charge is 2.49. The average Bonchev–Trinajstić information content (AvgIpc) is 2.65. The largest absolute Gasteiger partial charge is 0.469 e. The second-order valence-electron chi connectivity index (χ2n) is 4.69. The monoisotopic (exact) mass is 260 g/mol. The van der Waals surface area contributed by atoms with E-state index in [4.69, 9.17) is 4.74 Å². The summed E-state index contributed by atoms with van der Waals surface area (Å²) in [5, 5.41) is 19.1. The number of ether oxygens (including phenoxy) is 2. The second kappa shape index (κ2) is 6.15. The van der Waals surface area contributed by atoms with Crippen molar-refractivity contribution in [3.8, 4) is 0 Å². The van der Waals surface area contributed by atoms with Crippen LogP contribution in [-0.4, -0.2) is 49.1 Å². The third-order valence-corrected chi connectivity index (χ3v) is 3.84. The van der Waals surface area contributed by atoms with Gasteiger partial charge in [0.2, 0.25) is 0 Å². The van der Waals surface area contributed by atoms with Gasteiger partial charge in [-0.2, -0.15) is 0 Å². The Labute approximate surface area is 106 Å². The van der Waals surface area contributed by atoms with Crippen LogP contribution >= 0.6 is 0 Å². The summed E-state index contributed by atoms with van der Waals surface area (Å²) in [4.78, 5) is 23.3. The molecule has 0 saturated heterocycles. The molecule has 0 amide bonds. The lowest BCUT2D eigenvalue weighted by atomic mass is 9.81. The van der Waals surface area contributed by atoms with Crippen LogP contribution in [0.5, 0.6) is 0 Å². The molecule has 5 atom stereocenters. The van der Waals surface area contributed by atoms with Gasteiger partial charge in [0.1, 0.15) is 0 Å². The maximum atomic E-state index is 11.7. The van der Waals surface area contributed by atoms with E-state index in [1.54, 1.807) is 6.92 Å². The molecule has 1 aliphatic carbocycles. The molecular formula is C12H20O6. The van der Waals surface area contributed by atoms with Crippen molar-refractivity contribution in [3.63, 3.8) is 0 Å². The molecule has 0 aromatic rings. The van der Waals surface area contributed by atoms with Crippen LogP contribution in [-0.2, 0) is 19.1 Å². The van der Waals surface area contributed by atoms with Crippen LogP contribution in [0.25, 0.3) is 0 Å². The zero-order valence-electron chi connectivity index (χ0n) is 10.8. The first kappa shape index (κ1) is 14.9. The van der Waals surface area contributed by atoms with E-state index in [1.165, 1.54) is 14.2 Å². The molecule has 0 spiro atoms. The Morgan fingerprint density at radius 3 is 2.39 bits per heavy atom. The van der Waals surface area contributed by atoms with Gasteiger partial charge in [0.25, 0.3) is 0 Å². The van der Waals surface area contributed by atoms with Crippen LogP contribution in [0.15, 0.2) is 0 Å². The number of hydrogen-bond donors (Lipinski definition) is 2. The van der Waals surface area contributed by atoms with Gasteiger partial charge in [-0.15, -0.1) is 0 Å². The quantitative estimate of drug-likeness (QED) is 0.666. The molecule has 6 nitrogen and oxygen atoms in total. The predicted octanol–water partition coefficient (Wildman–Crippen LogP) is -0.426. The van der Waals surface area contributed by atoms with Gasteiger partial charge < -0.3 is 19.7 Å². The van der Waals surface area contributed by atoms with E-state index in [1.807, 2.05) is 0 Å². The van der Waals surface area contributed by atoms with Crippen LogP contribution in [0, 0.1) is 23.7 Å². The summed E-state index contributed by atoms with van der Waals surface area (Å²) in [7, 11) is 2.50. The van der Waals surface area contributed by atoms with Crippen molar-refractivity contribution < 1.29 is 29.3 Å². The number of methoxy groups -OCH3 is 2. The molecular weight excluding hydrogens is 240 g/mol. The highest BCUT2D eigenvalue weighted by molar-refractivity contribution is 5.77. The first-order valence-electron chi connectivity index (χ1n) is 5.92. The van der Waals surface area contributed by atoms with Crippen molar-refractivity contribution in [2.24, 2.45) is 23.7 Å². The lowest BCUT2D eigenvalue weighted by Crippen LogP contribution is -2.35. The van der Waals surface area contributed by atoms with Crippen molar-refractivity contribution in [1.29, 1.82) is 0 Å². The summed E-state index contributed by atoms with van der Waals surface area (Å²) < 4.78 is 9.32. The number of carbonyl (C=O) groups is 2. The third kappa shape index (κ3) is 2.64. The first-order valence-corrected chi connectivity index (χ1v) is 5.92. The lowest BCUT2D eigenvalue weighted by molar-refractivity contribution is -0.154. The smallest absolute Gasteiger partial charge is 0.311 e. The Morgan fingerprint density at radius 2 is 1.94 bits per heavy atom. The summed E-state index contributed by atoms with van der Waals surface area (Å²) in [6.07, 6.45) is -0.404. The van der Waals surface area contributed by atoms with Crippen molar-refractivity contribution in [2.45, 2.75) is 19.4 Å². The SMILES string of the molecule is COC(=O)[C@H]1[C@@H](C)[C@@H](O)C[C@@H]1[C@@H](CO)C(=O)OC. The summed E-state index contributed by atoms with van der Waals surface area (Å²) in [6.45, 7) is 1.32. The molecule has 0 unspecified atom stereocenters. The minimum atomic E-state index is -0.807. The molecule has 1 rings (SSSR count). The molecule has 0 aromatic carbocycles. The Hall–Kier alpha value is -1.14. The Bertz CT molecular complexity index is 316. The molecule has 0 heterocycles. The fourth-order valence-corrected chi connectivity index (χ4v) is 2.75. The van der Waals surface area contributed by atoms with Crippen molar-refractivity contribution in [2.75, 3.05) is 20.8 Å². The molecule has 6 heteroatoms. The van der Waals surface area contributed by atoms with Gasteiger partial charge in [0, 0.05) is 0 Å². The van der Waals surface area contributed by atoms with E-state index in [-0.39, 0.29) is 12.3 Å². The summed E-state index contributed by atoms with van der Waals surface area (Å²) in [5.41, 5.74) is 0. The minimum Gasteiger partial charge on any atom is -0.469 e. The summed E-state index contributed by atoms with van der Waals surface area (Å²) in [5.74, 6) is -3.20. The number of carbonyl (C=O) groups excluding carboxylic acids is 2. The van der Waals surface area contributed by atoms with Crippen molar-refractivity contribution >= 4 is 11.9 Å². The van der Waals surface area contributed by atoms with E-state index in [2.05, 4.69) is 4.74 Å². The molecule has 1 saturated carbocycles. The van der Waals surface area contributed by atoms with Gasteiger partial charge in [-0.1, -0.05) is 6.92 Å². The second-order valence-corrected chi connectivity index (χ2v) is 4.69. The van der Waals surface area contributed by atoms with Crippen LogP contribution in [0.1, 0.15) is 13.3 Å². The van der Waals surface area contributed by atoms with Gasteiger partial charge in [0.15, 0.2) is 0 Å². The number of hydrogen-bond acceptors (Lipinski definition) is 6. The molecule has 18 heavy (non-hydrogen) atoms. The molecule has 104 valence electrons.